The molecule has 3 nitrogen and oxygen atoms in total. The first kappa shape index (κ1) is 3.30. The molecule has 0 bridgehead atoms. The number of hydrogen-bond donors (Lipinski definition) is 0. The molecular weight excluding hydrogens is 218 g/mol. The van der Waals surface area contributed by atoms with Gasteiger partial charge < -0.3 is 0 Å². The van der Waals surface area contributed by atoms with Crippen molar-refractivity contribution in [3.63, 3.8) is 0 Å². The molecule has 0 spiro atoms. The van der Waals surface area contributed by atoms with Crippen molar-refractivity contribution in [3.05, 3.63) is 41.4 Å². The molecule has 0 aliphatic carbocycles. The van der Waals surface area contributed by atoms with Crippen molar-refractivity contribution < 1.29 is 8.22 Å². The van der Waals surface area contributed by atoms with Gasteiger partial charge in [0.2, 0.25) is 0 Å². The Balaban J connectivity index is 2.80. The van der Waals surface area contributed by atoms with Gasteiger partial charge in [-0.15, -0.1) is 0 Å². The molecule has 0 atom stereocenters. The van der Waals surface area contributed by atoms with E-state index in [2.05, 4.69) is 25.9 Å². The molecule has 0 fully saturated rings. The lowest BCUT2D eigenvalue weighted by molar-refractivity contribution is 0.985. The maximum absolute atomic E-state index is 7.71. The van der Waals surface area contributed by atoms with Crippen molar-refractivity contribution in [2.45, 2.75) is 0 Å². The van der Waals surface area contributed by atoms with Crippen molar-refractivity contribution in [3.8, 4) is 5.82 Å². The fourth-order valence-corrected chi connectivity index (χ4v) is 0.936. The minimum absolute atomic E-state index is 0.0394. The molecule has 2 heterocycles. The summed E-state index contributed by atoms with van der Waals surface area (Å²) in [4.78, 5) is 7.33. The fourth-order valence-electron chi connectivity index (χ4n) is 0.669. The summed E-state index contributed by atoms with van der Waals surface area (Å²) in [5.41, 5.74) is 0. The topological polar surface area (TPSA) is 30.7 Å². The summed E-state index contributed by atoms with van der Waals surface area (Å²) in [7, 11) is 0. The zero-order valence-electron chi connectivity index (χ0n) is 11.7. The molecule has 0 aliphatic rings. The molecule has 0 saturated carbocycles. The summed E-state index contributed by atoms with van der Waals surface area (Å²) in [6.45, 7) is 0. The largest absolute Gasteiger partial charge is 0.290 e. The molecule has 0 radical (unpaired) electrons. The van der Waals surface area contributed by atoms with E-state index in [4.69, 9.17) is 8.22 Å². The van der Waals surface area contributed by atoms with Crippen LogP contribution >= 0.6 is 15.9 Å². The van der Waals surface area contributed by atoms with E-state index in [1.165, 1.54) is 0 Å². The minimum atomic E-state index is -0.407. The first-order valence-corrected chi connectivity index (χ1v) is 3.80. The van der Waals surface area contributed by atoms with E-state index in [0.29, 0.717) is 0 Å². The average Bonchev–Trinajstić information content (AvgIpc) is 2.56. The third-order valence-electron chi connectivity index (χ3n) is 1.12. The van der Waals surface area contributed by atoms with Gasteiger partial charge in [0.25, 0.3) is 0 Å². The van der Waals surface area contributed by atoms with E-state index in [9.17, 15) is 0 Å². The second-order valence-corrected chi connectivity index (χ2v) is 2.62. The Kier molecular flexibility index (Phi) is 0.842. The Morgan fingerprint density at radius 3 is 3.17 bits per heavy atom. The summed E-state index contributed by atoms with van der Waals surface area (Å²) in [5, 5.41) is 0. The first-order valence-electron chi connectivity index (χ1n) is 6.00. The number of hydrogen-bond acceptors (Lipinski definition) is 2. The van der Waals surface area contributed by atoms with Crippen LogP contribution < -0.4 is 0 Å². The Morgan fingerprint density at radius 1 is 1.50 bits per heavy atom. The third-order valence-corrected chi connectivity index (χ3v) is 1.50. The molecule has 0 saturated heterocycles. The molecule has 12 heavy (non-hydrogen) atoms. The minimum Gasteiger partial charge on any atom is -0.290 e. The number of nitrogens with zero attached hydrogens (tertiary/aromatic N) is 3. The van der Waals surface area contributed by atoms with Crippen LogP contribution in [0.15, 0.2) is 41.4 Å². The second-order valence-electron chi connectivity index (χ2n) is 1.87. The van der Waals surface area contributed by atoms with Crippen molar-refractivity contribution in [1.82, 2.24) is 14.5 Å². The van der Waals surface area contributed by atoms with Gasteiger partial charge in [0, 0.05) is 12.3 Å². The monoisotopic (exact) mass is 229 g/mol. The Labute approximate surface area is 86.6 Å². The molecule has 0 N–H and O–H groups in total. The van der Waals surface area contributed by atoms with Crippen LogP contribution in [-0.2, 0) is 0 Å². The normalized spacial score (nSPS) is 17.1. The predicted molar refractivity (Wildman–Crippen MR) is 49.1 cm³/mol. The number of halogens is 1. The predicted octanol–water partition coefficient (Wildman–Crippen LogP) is 2.03. The molecular formula is C8H6BrN3. The SMILES string of the molecule is [2H]c1nc([2H])n(-c2nc(Br)c([2H])c([2H])c2[2H])c1[2H]. The van der Waals surface area contributed by atoms with Crippen LogP contribution in [0, 0.1) is 0 Å². The van der Waals surface area contributed by atoms with Crippen molar-refractivity contribution >= 4 is 15.9 Å². The van der Waals surface area contributed by atoms with E-state index in [1.54, 1.807) is 0 Å². The highest BCUT2D eigenvalue weighted by Crippen LogP contribution is 2.09. The van der Waals surface area contributed by atoms with Gasteiger partial charge in [-0.05, 0) is 28.0 Å². The van der Waals surface area contributed by atoms with Crippen LogP contribution in [0.4, 0.5) is 0 Å². The van der Waals surface area contributed by atoms with Crippen LogP contribution in [0.25, 0.3) is 5.82 Å². The Morgan fingerprint density at radius 2 is 2.42 bits per heavy atom. The molecule has 0 aromatic carbocycles. The van der Waals surface area contributed by atoms with E-state index in [0.717, 1.165) is 4.57 Å². The van der Waals surface area contributed by atoms with Crippen molar-refractivity contribution in [2.24, 2.45) is 0 Å². The van der Waals surface area contributed by atoms with E-state index in [1.807, 2.05) is 0 Å². The molecule has 2 aromatic heterocycles. The molecule has 0 aliphatic heterocycles. The smallest absolute Gasteiger partial charge is 0.139 e. The lowest BCUT2D eigenvalue weighted by Gasteiger charge is -1.99. The van der Waals surface area contributed by atoms with Crippen LogP contribution in [0.3, 0.4) is 0 Å². The third kappa shape index (κ3) is 1.38. The van der Waals surface area contributed by atoms with Gasteiger partial charge >= 0.3 is 0 Å². The first-order chi connectivity index (χ1) is 8.34. The van der Waals surface area contributed by atoms with Gasteiger partial charge in [0.05, 0.1) is 6.85 Å². The number of imidazole rings is 1. The Hall–Kier alpha value is -1.16. The molecule has 2 aromatic rings. The molecule has 4 heteroatoms. The van der Waals surface area contributed by atoms with Gasteiger partial charge in [-0.1, -0.05) is 6.04 Å². The maximum Gasteiger partial charge on any atom is 0.139 e. The highest BCUT2D eigenvalue weighted by atomic mass is 79.9. The summed E-state index contributed by atoms with van der Waals surface area (Å²) >= 11 is 2.98. The van der Waals surface area contributed by atoms with Crippen LogP contribution in [-0.4, -0.2) is 14.5 Å². The van der Waals surface area contributed by atoms with Crippen LogP contribution in [0.1, 0.15) is 8.22 Å². The standard InChI is InChI=1S/C8H6BrN3/c9-7-2-1-3-8(11-7)12-5-4-10-6-12/h1-6H/i1D,2D,3D,4D,5D,6D. The summed E-state index contributed by atoms with van der Waals surface area (Å²) in [5.74, 6) is -0.163. The molecule has 0 amide bonds. The maximum atomic E-state index is 7.71. The van der Waals surface area contributed by atoms with E-state index >= 15 is 0 Å². The van der Waals surface area contributed by atoms with Gasteiger partial charge in [-0.25, -0.2) is 9.97 Å². The summed E-state index contributed by atoms with van der Waals surface area (Å²) < 4.78 is 46.1. The van der Waals surface area contributed by atoms with E-state index < -0.39 is 12.5 Å². The summed E-state index contributed by atoms with van der Waals surface area (Å²) in [6, 6.07) is -0.999. The highest BCUT2D eigenvalue weighted by molar-refractivity contribution is 9.10. The Bertz CT molecular complexity index is 640. The van der Waals surface area contributed by atoms with Crippen molar-refractivity contribution in [1.29, 1.82) is 0 Å². The van der Waals surface area contributed by atoms with Crippen LogP contribution in [0.5, 0.6) is 0 Å². The van der Waals surface area contributed by atoms with Crippen LogP contribution in [0.2, 0.25) is 0 Å². The van der Waals surface area contributed by atoms with Crippen molar-refractivity contribution in [2.75, 3.05) is 0 Å². The van der Waals surface area contributed by atoms with Gasteiger partial charge in [0.1, 0.15) is 18.1 Å². The van der Waals surface area contributed by atoms with Gasteiger partial charge in [-0.3, -0.25) is 4.57 Å². The number of rotatable bonds is 1. The van der Waals surface area contributed by atoms with Gasteiger partial charge in [-0.2, -0.15) is 0 Å². The van der Waals surface area contributed by atoms with E-state index in [-0.39, 0.29) is 34.7 Å². The fraction of sp³-hybridized carbons (Fsp3) is 0. The average molecular weight is 230 g/mol. The zero-order chi connectivity index (χ0) is 13.6. The molecule has 0 unspecified atom stereocenters. The lowest BCUT2D eigenvalue weighted by atomic mass is 10.5. The molecule has 60 valence electrons. The molecule has 2 rings (SSSR count). The number of aromatic nitrogens is 3. The number of pyridine rings is 1. The second kappa shape index (κ2) is 3.06. The van der Waals surface area contributed by atoms with Gasteiger partial charge in [0.15, 0.2) is 0 Å². The summed E-state index contributed by atoms with van der Waals surface area (Å²) in [6.07, 6.45) is -1.20. The quantitative estimate of drug-likeness (QED) is 0.701. The highest BCUT2D eigenvalue weighted by Gasteiger charge is 1.95. The lowest BCUT2D eigenvalue weighted by Crippen LogP contribution is -1.93. The zero-order valence-corrected chi connectivity index (χ0v) is 7.31.